The van der Waals surface area contributed by atoms with E-state index in [0.29, 0.717) is 0 Å². The Morgan fingerprint density at radius 1 is 1.50 bits per heavy atom. The van der Waals surface area contributed by atoms with Crippen LogP contribution in [0.3, 0.4) is 0 Å². The highest BCUT2D eigenvalue weighted by Crippen LogP contribution is 2.27. The lowest BCUT2D eigenvalue weighted by Crippen LogP contribution is -1.70. The number of hydrogen-bond donors (Lipinski definition) is 0. The third kappa shape index (κ3) is 0.835. The lowest BCUT2D eigenvalue weighted by Gasteiger charge is -1.88. The van der Waals surface area contributed by atoms with Crippen molar-refractivity contribution in [1.82, 2.24) is 0 Å². The van der Waals surface area contributed by atoms with Gasteiger partial charge in [-0.05, 0) is 11.9 Å². The standard InChI is InChI=1S/C6H3N3S/c1-2-8-9-5(1)6-7-3-4-10-6/h1-2,4H. The lowest BCUT2D eigenvalue weighted by atomic mass is 10.5. The van der Waals surface area contributed by atoms with Crippen molar-refractivity contribution in [1.29, 1.82) is 0 Å². The van der Waals surface area contributed by atoms with Crippen molar-refractivity contribution in [2.24, 2.45) is 15.2 Å². The summed E-state index contributed by atoms with van der Waals surface area (Å²) in [5.74, 6) is 2.72. The van der Waals surface area contributed by atoms with Gasteiger partial charge in [0.15, 0.2) is 0 Å². The number of aliphatic imine (C=N–C) groups is 1. The Balaban J connectivity index is 2.39. The summed E-state index contributed by atoms with van der Waals surface area (Å²) in [6, 6.07) is 0. The van der Waals surface area contributed by atoms with Crippen molar-refractivity contribution in [2.45, 2.75) is 0 Å². The molecule has 48 valence electrons. The predicted molar refractivity (Wildman–Crippen MR) is 40.6 cm³/mol. The molecular formula is C6H3N3S. The second-order valence-electron chi connectivity index (χ2n) is 1.70. The van der Waals surface area contributed by atoms with E-state index in [1.165, 1.54) is 11.8 Å². The highest BCUT2D eigenvalue weighted by Gasteiger charge is 2.06. The van der Waals surface area contributed by atoms with Crippen LogP contribution < -0.4 is 0 Å². The Morgan fingerprint density at radius 2 is 2.50 bits per heavy atom. The normalized spacial score (nSPS) is 27.2. The van der Waals surface area contributed by atoms with Crippen LogP contribution in [0.25, 0.3) is 0 Å². The Hall–Kier alpha value is -1.12. The van der Waals surface area contributed by atoms with Gasteiger partial charge in [-0.2, -0.15) is 10.1 Å². The zero-order valence-electron chi connectivity index (χ0n) is 4.98. The number of rotatable bonds is 0. The first-order valence-electron chi connectivity index (χ1n) is 2.73. The number of nitrogens with zero attached hydrogens (tertiary/aromatic N) is 3. The molecule has 10 heavy (non-hydrogen) atoms. The monoisotopic (exact) mass is 149 g/mol. The van der Waals surface area contributed by atoms with Crippen molar-refractivity contribution in [2.75, 3.05) is 0 Å². The average molecular weight is 149 g/mol. The third-order valence-electron chi connectivity index (χ3n) is 1.07. The second kappa shape index (κ2) is 2.25. The third-order valence-corrected chi connectivity index (χ3v) is 1.82. The highest BCUT2D eigenvalue weighted by atomic mass is 32.2. The van der Waals surface area contributed by atoms with E-state index in [1.54, 1.807) is 11.6 Å². The Labute approximate surface area is 61.9 Å². The van der Waals surface area contributed by atoms with Crippen LogP contribution in [0.2, 0.25) is 0 Å². The van der Waals surface area contributed by atoms with E-state index in [4.69, 9.17) is 0 Å². The van der Waals surface area contributed by atoms with Crippen molar-refractivity contribution in [3.05, 3.63) is 28.4 Å². The molecule has 0 aromatic rings. The minimum absolute atomic E-state index is 0.825. The molecule has 0 N–H and O–H groups in total. The molecule has 3 nitrogen and oxygen atoms in total. The quantitative estimate of drug-likeness (QED) is 0.519. The van der Waals surface area contributed by atoms with Gasteiger partial charge >= 0.3 is 0 Å². The van der Waals surface area contributed by atoms with Crippen LogP contribution in [-0.2, 0) is 0 Å². The maximum Gasteiger partial charge on any atom is 0.138 e. The predicted octanol–water partition coefficient (Wildman–Crippen LogP) is 2.07. The van der Waals surface area contributed by atoms with Gasteiger partial charge in [-0.25, -0.2) is 0 Å². The molecule has 2 aliphatic rings. The molecule has 0 saturated heterocycles. The van der Waals surface area contributed by atoms with Crippen LogP contribution in [0, 0.1) is 0 Å². The van der Waals surface area contributed by atoms with Gasteiger partial charge in [-0.15, -0.1) is 5.11 Å². The SMILES string of the molecule is C1=CSC(=C2C=CN=N2)N=1. The highest BCUT2D eigenvalue weighted by molar-refractivity contribution is 8.06. The topological polar surface area (TPSA) is 37.1 Å². The molecule has 0 fully saturated rings. The van der Waals surface area contributed by atoms with Crippen molar-refractivity contribution < 1.29 is 0 Å². The zero-order valence-corrected chi connectivity index (χ0v) is 5.80. The molecule has 0 aliphatic carbocycles. The van der Waals surface area contributed by atoms with Crippen LogP contribution in [-0.4, -0.2) is 5.87 Å². The lowest BCUT2D eigenvalue weighted by molar-refractivity contribution is 1.21. The summed E-state index contributed by atoms with van der Waals surface area (Å²) in [4.78, 5) is 3.95. The first kappa shape index (κ1) is 5.65. The van der Waals surface area contributed by atoms with Gasteiger partial charge in [-0.3, -0.25) is 0 Å². The summed E-state index contributed by atoms with van der Waals surface area (Å²) in [6.07, 6.45) is 3.48. The fourth-order valence-corrected chi connectivity index (χ4v) is 1.21. The molecule has 0 saturated carbocycles. The van der Waals surface area contributed by atoms with Crippen molar-refractivity contribution in [3.8, 4) is 0 Å². The van der Waals surface area contributed by atoms with Crippen LogP contribution in [0.15, 0.2) is 43.6 Å². The Kier molecular flexibility index (Phi) is 1.27. The molecular weight excluding hydrogens is 146 g/mol. The summed E-state index contributed by atoms with van der Waals surface area (Å²) < 4.78 is 0. The van der Waals surface area contributed by atoms with E-state index in [1.807, 2.05) is 6.08 Å². The van der Waals surface area contributed by atoms with Gasteiger partial charge in [0.05, 0.1) is 6.20 Å². The maximum absolute atomic E-state index is 3.95. The van der Waals surface area contributed by atoms with Crippen LogP contribution in [0.5, 0.6) is 0 Å². The molecule has 0 spiro atoms. The van der Waals surface area contributed by atoms with Gasteiger partial charge in [0.1, 0.15) is 10.7 Å². The maximum atomic E-state index is 3.95. The van der Waals surface area contributed by atoms with Crippen LogP contribution in [0.1, 0.15) is 0 Å². The molecule has 2 rings (SSSR count). The van der Waals surface area contributed by atoms with Crippen LogP contribution >= 0.6 is 11.8 Å². The Bertz CT molecular complexity index is 291. The minimum Gasteiger partial charge on any atom is -0.196 e. The number of azo groups is 1. The number of thioether (sulfide) groups is 1. The first-order chi connectivity index (χ1) is 4.97. The van der Waals surface area contributed by atoms with Gasteiger partial charge in [-0.1, -0.05) is 11.8 Å². The molecule has 0 bridgehead atoms. The fourth-order valence-electron chi connectivity index (χ4n) is 0.658. The van der Waals surface area contributed by atoms with E-state index in [-0.39, 0.29) is 0 Å². The molecule has 0 atom stereocenters. The largest absolute Gasteiger partial charge is 0.196 e. The van der Waals surface area contributed by atoms with E-state index in [0.717, 1.165) is 10.7 Å². The van der Waals surface area contributed by atoms with Gasteiger partial charge in [0.2, 0.25) is 0 Å². The molecule has 0 aromatic heterocycles. The Morgan fingerprint density at radius 3 is 3.10 bits per heavy atom. The molecule has 0 aromatic carbocycles. The van der Waals surface area contributed by atoms with Gasteiger partial charge in [0.25, 0.3) is 0 Å². The van der Waals surface area contributed by atoms with Crippen molar-refractivity contribution >= 4 is 17.6 Å². The zero-order chi connectivity index (χ0) is 6.81. The summed E-state index contributed by atoms with van der Waals surface area (Å²) in [5.41, 5.74) is 0.825. The van der Waals surface area contributed by atoms with Gasteiger partial charge in [0, 0.05) is 5.41 Å². The molecule has 0 unspecified atom stereocenters. The molecule has 0 amide bonds. The smallest absolute Gasteiger partial charge is 0.138 e. The summed E-state index contributed by atoms with van der Waals surface area (Å²) >= 11 is 1.51. The summed E-state index contributed by atoms with van der Waals surface area (Å²) in [7, 11) is 0. The van der Waals surface area contributed by atoms with Crippen molar-refractivity contribution in [3.63, 3.8) is 0 Å². The number of allylic oxidation sites excluding steroid dienone is 1. The molecule has 2 heterocycles. The fraction of sp³-hybridized carbons (Fsp3) is 0. The van der Waals surface area contributed by atoms with E-state index >= 15 is 0 Å². The average Bonchev–Trinajstić information content (AvgIpc) is 2.59. The minimum atomic E-state index is 0.825. The van der Waals surface area contributed by atoms with Gasteiger partial charge < -0.3 is 0 Å². The molecule has 2 aliphatic heterocycles. The first-order valence-corrected chi connectivity index (χ1v) is 3.61. The summed E-state index contributed by atoms with van der Waals surface area (Å²) in [5, 5.41) is 10.2. The molecule has 4 heteroatoms. The molecule has 0 radical (unpaired) electrons. The van der Waals surface area contributed by atoms with E-state index < -0.39 is 0 Å². The van der Waals surface area contributed by atoms with Crippen LogP contribution in [0.4, 0.5) is 0 Å². The van der Waals surface area contributed by atoms with E-state index in [9.17, 15) is 0 Å². The second-order valence-corrected chi connectivity index (χ2v) is 2.56. The van der Waals surface area contributed by atoms with E-state index in [2.05, 4.69) is 21.1 Å². The summed E-state index contributed by atoms with van der Waals surface area (Å²) in [6.45, 7) is 0. The number of hydrogen-bond acceptors (Lipinski definition) is 4.